The van der Waals surface area contributed by atoms with Gasteiger partial charge in [0.05, 0.1) is 0 Å². The summed E-state index contributed by atoms with van der Waals surface area (Å²) in [7, 11) is 0. The molecule has 1 heterocycles. The summed E-state index contributed by atoms with van der Waals surface area (Å²) >= 11 is 0. The summed E-state index contributed by atoms with van der Waals surface area (Å²) in [5.74, 6) is 0.153. The van der Waals surface area contributed by atoms with Gasteiger partial charge in [-0.25, -0.2) is 9.97 Å². The molecule has 132 valence electrons. The van der Waals surface area contributed by atoms with Crippen molar-refractivity contribution in [1.29, 1.82) is 0 Å². The highest BCUT2D eigenvalue weighted by Crippen LogP contribution is 2.21. The van der Waals surface area contributed by atoms with E-state index in [4.69, 9.17) is 0 Å². The van der Waals surface area contributed by atoms with Crippen molar-refractivity contribution < 1.29 is 4.79 Å². The van der Waals surface area contributed by atoms with Gasteiger partial charge < -0.3 is 10.6 Å². The fourth-order valence-corrected chi connectivity index (χ4v) is 2.70. The van der Waals surface area contributed by atoms with Crippen molar-refractivity contribution in [2.75, 3.05) is 10.6 Å². The summed E-state index contributed by atoms with van der Waals surface area (Å²) in [5, 5.41) is 6.12. The van der Waals surface area contributed by atoms with E-state index < -0.39 is 0 Å². The molecule has 0 saturated heterocycles. The van der Waals surface area contributed by atoms with Crippen molar-refractivity contribution in [2.24, 2.45) is 0 Å². The molecule has 5 heteroatoms. The van der Waals surface area contributed by atoms with Crippen LogP contribution in [0.5, 0.6) is 0 Å². The number of nitrogens with zero attached hydrogens (tertiary/aromatic N) is 2. The second-order valence-corrected chi connectivity index (χ2v) is 6.43. The van der Waals surface area contributed by atoms with Crippen LogP contribution in [0, 0.1) is 27.7 Å². The van der Waals surface area contributed by atoms with Gasteiger partial charge in [-0.05, 0) is 57.0 Å². The number of amides is 1. The smallest absolute Gasteiger partial charge is 0.274 e. The van der Waals surface area contributed by atoms with Crippen LogP contribution in [0.3, 0.4) is 0 Å². The first-order chi connectivity index (χ1) is 12.4. The Bertz CT molecular complexity index is 928. The Balaban J connectivity index is 1.84. The van der Waals surface area contributed by atoms with E-state index in [-0.39, 0.29) is 5.91 Å². The van der Waals surface area contributed by atoms with Crippen LogP contribution in [0.4, 0.5) is 17.3 Å². The number of hydrogen-bond donors (Lipinski definition) is 2. The van der Waals surface area contributed by atoms with E-state index in [9.17, 15) is 4.79 Å². The Kier molecular flexibility index (Phi) is 4.98. The highest BCUT2D eigenvalue weighted by molar-refractivity contribution is 6.04. The average molecular weight is 346 g/mol. The zero-order valence-electron chi connectivity index (χ0n) is 15.4. The van der Waals surface area contributed by atoms with Gasteiger partial charge in [-0.3, -0.25) is 4.79 Å². The first-order valence-electron chi connectivity index (χ1n) is 8.49. The molecule has 0 unspecified atom stereocenters. The normalized spacial score (nSPS) is 10.5. The van der Waals surface area contributed by atoms with E-state index in [0.29, 0.717) is 11.6 Å². The molecule has 3 rings (SSSR count). The van der Waals surface area contributed by atoms with Crippen molar-refractivity contribution in [3.8, 4) is 0 Å². The van der Waals surface area contributed by atoms with Crippen LogP contribution in [0.25, 0.3) is 0 Å². The molecule has 0 aliphatic rings. The van der Waals surface area contributed by atoms with E-state index in [1.165, 1.54) is 5.56 Å². The van der Waals surface area contributed by atoms with Gasteiger partial charge in [-0.1, -0.05) is 35.9 Å². The van der Waals surface area contributed by atoms with Gasteiger partial charge in [0, 0.05) is 17.1 Å². The van der Waals surface area contributed by atoms with Crippen molar-refractivity contribution >= 4 is 23.2 Å². The molecule has 0 saturated carbocycles. The van der Waals surface area contributed by atoms with E-state index in [1.807, 2.05) is 70.2 Å². The molecule has 0 bridgehead atoms. The molecule has 26 heavy (non-hydrogen) atoms. The fraction of sp³-hybridized carbons (Fsp3) is 0.190. The first kappa shape index (κ1) is 17.6. The van der Waals surface area contributed by atoms with E-state index in [2.05, 4.69) is 20.6 Å². The third-order valence-corrected chi connectivity index (χ3v) is 4.11. The van der Waals surface area contributed by atoms with Crippen molar-refractivity contribution in [1.82, 2.24) is 9.97 Å². The number of carbonyl (C=O) groups excluding carboxylic acids is 1. The van der Waals surface area contributed by atoms with Gasteiger partial charge in [-0.2, -0.15) is 0 Å². The van der Waals surface area contributed by atoms with Gasteiger partial charge in [-0.15, -0.1) is 0 Å². The van der Waals surface area contributed by atoms with Crippen molar-refractivity contribution in [2.45, 2.75) is 27.7 Å². The molecule has 5 nitrogen and oxygen atoms in total. The Morgan fingerprint density at radius 3 is 2.19 bits per heavy atom. The molecule has 1 amide bonds. The van der Waals surface area contributed by atoms with E-state index in [0.717, 1.165) is 28.2 Å². The average Bonchev–Trinajstić information content (AvgIpc) is 2.59. The van der Waals surface area contributed by atoms with Crippen LogP contribution < -0.4 is 10.6 Å². The number of aromatic nitrogens is 2. The van der Waals surface area contributed by atoms with E-state index >= 15 is 0 Å². The molecule has 0 aliphatic carbocycles. The summed E-state index contributed by atoms with van der Waals surface area (Å²) in [6.45, 7) is 7.82. The van der Waals surface area contributed by atoms with Gasteiger partial charge in [0.2, 0.25) is 5.95 Å². The number of aryl methyl sites for hydroxylation is 4. The lowest BCUT2D eigenvalue weighted by molar-refractivity contribution is 0.102. The zero-order valence-corrected chi connectivity index (χ0v) is 15.4. The highest BCUT2D eigenvalue weighted by atomic mass is 16.1. The number of nitrogens with one attached hydrogen (secondary N) is 2. The summed E-state index contributed by atoms with van der Waals surface area (Å²) in [5.41, 5.74) is 5.96. The third kappa shape index (κ3) is 4.06. The SMILES string of the molecule is Cc1ccc(Nc2nc(C)cc(C(=O)Nc3c(C)cccc3C)n2)cc1. The summed E-state index contributed by atoms with van der Waals surface area (Å²) < 4.78 is 0. The number of rotatable bonds is 4. The lowest BCUT2D eigenvalue weighted by Gasteiger charge is -2.12. The largest absolute Gasteiger partial charge is 0.324 e. The quantitative estimate of drug-likeness (QED) is 0.718. The standard InChI is InChI=1S/C21H22N4O/c1-13-8-10-17(11-9-13)23-21-22-16(4)12-18(24-21)20(26)25-19-14(2)6-5-7-15(19)3/h5-12H,1-4H3,(H,25,26)(H,22,23,24). The maximum atomic E-state index is 12.7. The molecule has 0 spiro atoms. The maximum Gasteiger partial charge on any atom is 0.274 e. The van der Waals surface area contributed by atoms with Crippen LogP contribution in [0.2, 0.25) is 0 Å². The molecular weight excluding hydrogens is 324 g/mol. The Morgan fingerprint density at radius 1 is 0.885 bits per heavy atom. The molecule has 0 radical (unpaired) electrons. The minimum atomic E-state index is -0.250. The molecule has 3 aromatic rings. The number of carbonyl (C=O) groups is 1. The Morgan fingerprint density at radius 2 is 1.54 bits per heavy atom. The number of benzene rings is 2. The van der Waals surface area contributed by atoms with Gasteiger partial charge in [0.1, 0.15) is 5.69 Å². The van der Waals surface area contributed by atoms with Crippen LogP contribution in [-0.4, -0.2) is 15.9 Å². The van der Waals surface area contributed by atoms with Crippen LogP contribution in [0.15, 0.2) is 48.5 Å². The maximum absolute atomic E-state index is 12.7. The first-order valence-corrected chi connectivity index (χ1v) is 8.49. The van der Waals surface area contributed by atoms with Crippen molar-refractivity contribution in [3.63, 3.8) is 0 Å². The fourth-order valence-electron chi connectivity index (χ4n) is 2.70. The molecule has 2 aromatic carbocycles. The molecule has 1 aromatic heterocycles. The van der Waals surface area contributed by atoms with E-state index in [1.54, 1.807) is 6.07 Å². The number of anilines is 3. The summed E-state index contributed by atoms with van der Waals surface area (Å²) in [4.78, 5) is 21.4. The minimum absolute atomic E-state index is 0.250. The predicted octanol–water partition coefficient (Wildman–Crippen LogP) is 4.71. The van der Waals surface area contributed by atoms with Gasteiger partial charge in [0.15, 0.2) is 0 Å². The lowest BCUT2D eigenvalue weighted by atomic mass is 10.1. The lowest BCUT2D eigenvalue weighted by Crippen LogP contribution is -2.17. The Hall–Kier alpha value is -3.21. The molecule has 0 aliphatic heterocycles. The second kappa shape index (κ2) is 7.35. The van der Waals surface area contributed by atoms with Gasteiger partial charge >= 0.3 is 0 Å². The molecule has 2 N–H and O–H groups in total. The van der Waals surface area contributed by atoms with Crippen LogP contribution in [0.1, 0.15) is 32.9 Å². The Labute approximate surface area is 153 Å². The number of hydrogen-bond acceptors (Lipinski definition) is 4. The summed E-state index contributed by atoms with van der Waals surface area (Å²) in [6.07, 6.45) is 0. The molecule has 0 fully saturated rings. The van der Waals surface area contributed by atoms with Crippen LogP contribution in [-0.2, 0) is 0 Å². The number of para-hydroxylation sites is 1. The minimum Gasteiger partial charge on any atom is -0.324 e. The zero-order chi connectivity index (χ0) is 18.7. The van der Waals surface area contributed by atoms with Gasteiger partial charge in [0.25, 0.3) is 5.91 Å². The highest BCUT2D eigenvalue weighted by Gasteiger charge is 2.13. The topological polar surface area (TPSA) is 66.9 Å². The second-order valence-electron chi connectivity index (χ2n) is 6.43. The summed E-state index contributed by atoms with van der Waals surface area (Å²) in [6, 6.07) is 15.5. The van der Waals surface area contributed by atoms with Crippen LogP contribution >= 0.6 is 0 Å². The third-order valence-electron chi connectivity index (χ3n) is 4.11. The monoisotopic (exact) mass is 346 g/mol. The predicted molar refractivity (Wildman–Crippen MR) is 105 cm³/mol. The van der Waals surface area contributed by atoms with Crippen molar-refractivity contribution in [3.05, 3.63) is 76.6 Å². The molecule has 0 atom stereocenters. The molecular formula is C21H22N4O.